The number of nitrogens with zero attached hydrogens (tertiary/aromatic N) is 5. The number of carboxylic acid groups (broad SMARTS) is 1. The Labute approximate surface area is 176 Å². The standard InChI is InChI=1S/C16H23N5O3.C2HF3O2/c1-19(2)15(22)11-23-10-12-7-21(8-13-5-4-6-24-13)9-14-16(12)20(3)18-17-14;3-2(4,5)1(6)7/h4-6,12H,7-11H2,1-3H3;(H,6,7). The van der Waals surface area contributed by atoms with Crippen LogP contribution in [0.3, 0.4) is 0 Å². The van der Waals surface area contributed by atoms with Gasteiger partial charge in [0.05, 0.1) is 25.1 Å². The molecule has 0 saturated heterocycles. The van der Waals surface area contributed by atoms with Crippen molar-refractivity contribution in [2.24, 2.45) is 7.05 Å². The molecule has 0 spiro atoms. The van der Waals surface area contributed by atoms with Crippen LogP contribution in [0.25, 0.3) is 0 Å². The number of hydrogen-bond donors (Lipinski definition) is 1. The van der Waals surface area contributed by atoms with Gasteiger partial charge in [-0.3, -0.25) is 14.4 Å². The fourth-order valence-corrected chi connectivity index (χ4v) is 2.99. The minimum atomic E-state index is -5.08. The lowest BCUT2D eigenvalue weighted by molar-refractivity contribution is -0.192. The summed E-state index contributed by atoms with van der Waals surface area (Å²) >= 11 is 0. The van der Waals surface area contributed by atoms with Crippen LogP contribution in [0.2, 0.25) is 0 Å². The lowest BCUT2D eigenvalue weighted by Crippen LogP contribution is -2.36. The predicted octanol–water partition coefficient (Wildman–Crippen LogP) is 1.25. The number of aliphatic carboxylic acids is 1. The van der Waals surface area contributed by atoms with Gasteiger partial charge in [0, 0.05) is 40.2 Å². The second-order valence-electron chi connectivity index (χ2n) is 7.10. The molecular formula is C18H24F3N5O5. The van der Waals surface area contributed by atoms with E-state index in [2.05, 4.69) is 15.2 Å². The molecule has 1 amide bonds. The van der Waals surface area contributed by atoms with Crippen LogP contribution in [0.4, 0.5) is 13.2 Å². The van der Waals surface area contributed by atoms with Gasteiger partial charge < -0.3 is 19.2 Å². The van der Waals surface area contributed by atoms with Crippen LogP contribution in [-0.2, 0) is 34.5 Å². The van der Waals surface area contributed by atoms with Crippen molar-refractivity contribution in [3.8, 4) is 0 Å². The van der Waals surface area contributed by atoms with Gasteiger partial charge in [0.25, 0.3) is 0 Å². The molecule has 0 aromatic carbocycles. The first kappa shape index (κ1) is 24.3. The maximum absolute atomic E-state index is 11.7. The molecule has 0 bridgehead atoms. The number of ether oxygens (including phenoxy) is 1. The Morgan fingerprint density at radius 1 is 1.39 bits per heavy atom. The van der Waals surface area contributed by atoms with Crippen molar-refractivity contribution >= 4 is 11.9 Å². The quantitative estimate of drug-likeness (QED) is 0.704. The smallest absolute Gasteiger partial charge is 0.475 e. The van der Waals surface area contributed by atoms with E-state index >= 15 is 0 Å². The summed E-state index contributed by atoms with van der Waals surface area (Å²) in [6.07, 6.45) is -3.40. The molecule has 1 aliphatic heterocycles. The highest BCUT2D eigenvalue weighted by Crippen LogP contribution is 2.27. The zero-order valence-electron chi connectivity index (χ0n) is 17.3. The summed E-state index contributed by atoms with van der Waals surface area (Å²) in [5, 5.41) is 15.5. The lowest BCUT2D eigenvalue weighted by atomic mass is 9.99. The minimum absolute atomic E-state index is 0.0402. The van der Waals surface area contributed by atoms with Crippen LogP contribution < -0.4 is 0 Å². The molecule has 3 rings (SSSR count). The zero-order chi connectivity index (χ0) is 23.2. The topological polar surface area (TPSA) is 114 Å². The van der Waals surface area contributed by atoms with E-state index < -0.39 is 12.1 Å². The van der Waals surface area contributed by atoms with Gasteiger partial charge in [-0.1, -0.05) is 5.21 Å². The monoisotopic (exact) mass is 447 g/mol. The Kier molecular flexibility index (Phi) is 8.16. The van der Waals surface area contributed by atoms with Crippen LogP contribution >= 0.6 is 0 Å². The van der Waals surface area contributed by atoms with E-state index in [1.165, 1.54) is 4.90 Å². The number of alkyl halides is 3. The first-order chi connectivity index (χ1) is 14.5. The number of furan rings is 1. The second-order valence-corrected chi connectivity index (χ2v) is 7.10. The molecule has 3 heterocycles. The number of carbonyl (C=O) groups is 2. The minimum Gasteiger partial charge on any atom is -0.475 e. The lowest BCUT2D eigenvalue weighted by Gasteiger charge is -2.31. The van der Waals surface area contributed by atoms with Gasteiger partial charge in [-0.05, 0) is 12.1 Å². The average Bonchev–Trinajstić information content (AvgIpc) is 3.31. The van der Waals surface area contributed by atoms with E-state index in [0.717, 1.165) is 36.8 Å². The summed E-state index contributed by atoms with van der Waals surface area (Å²) in [4.78, 5) is 24.4. The van der Waals surface area contributed by atoms with Crippen molar-refractivity contribution < 1.29 is 37.0 Å². The highest BCUT2D eigenvalue weighted by molar-refractivity contribution is 5.76. The van der Waals surface area contributed by atoms with Gasteiger partial charge in [-0.15, -0.1) is 5.10 Å². The number of carboxylic acids is 1. The van der Waals surface area contributed by atoms with Crippen molar-refractivity contribution in [3.05, 3.63) is 35.5 Å². The van der Waals surface area contributed by atoms with Gasteiger partial charge in [-0.2, -0.15) is 13.2 Å². The molecule has 1 unspecified atom stereocenters. The molecule has 0 fully saturated rings. The Morgan fingerprint density at radius 2 is 2.06 bits per heavy atom. The van der Waals surface area contributed by atoms with Crippen molar-refractivity contribution in [2.45, 2.75) is 25.2 Å². The molecule has 172 valence electrons. The molecule has 2 aromatic rings. The number of hydrogen-bond acceptors (Lipinski definition) is 7. The normalized spacial score (nSPS) is 16.3. The number of aromatic nitrogens is 3. The van der Waals surface area contributed by atoms with Crippen LogP contribution in [0.15, 0.2) is 22.8 Å². The third-order valence-electron chi connectivity index (χ3n) is 4.43. The third kappa shape index (κ3) is 7.07. The highest BCUT2D eigenvalue weighted by Gasteiger charge is 2.38. The molecule has 1 aliphatic rings. The first-order valence-corrected chi connectivity index (χ1v) is 9.20. The van der Waals surface area contributed by atoms with E-state index in [1.54, 1.807) is 25.0 Å². The van der Waals surface area contributed by atoms with Crippen LogP contribution in [-0.4, -0.2) is 81.8 Å². The molecule has 0 saturated carbocycles. The molecular weight excluding hydrogens is 423 g/mol. The molecule has 0 aliphatic carbocycles. The number of likely N-dealkylation sites (N-methyl/N-ethyl adjacent to an activating group) is 1. The number of halogens is 3. The van der Waals surface area contributed by atoms with Gasteiger partial charge in [0.2, 0.25) is 5.91 Å². The van der Waals surface area contributed by atoms with Crippen molar-refractivity contribution in [2.75, 3.05) is 33.9 Å². The van der Waals surface area contributed by atoms with Crippen LogP contribution in [0.1, 0.15) is 23.1 Å². The number of carbonyl (C=O) groups excluding carboxylic acids is 1. The predicted molar refractivity (Wildman–Crippen MR) is 99.8 cm³/mol. The van der Waals surface area contributed by atoms with Gasteiger partial charge in [-0.25, -0.2) is 4.79 Å². The number of amides is 1. The van der Waals surface area contributed by atoms with E-state index in [0.29, 0.717) is 6.61 Å². The van der Waals surface area contributed by atoms with E-state index in [4.69, 9.17) is 19.1 Å². The van der Waals surface area contributed by atoms with Gasteiger partial charge in [0.1, 0.15) is 18.1 Å². The first-order valence-electron chi connectivity index (χ1n) is 9.20. The Balaban J connectivity index is 0.000000423. The maximum atomic E-state index is 11.7. The number of fused-ring (bicyclic) bond motifs is 1. The largest absolute Gasteiger partial charge is 0.490 e. The summed E-state index contributed by atoms with van der Waals surface area (Å²) in [5.41, 5.74) is 2.05. The fourth-order valence-electron chi connectivity index (χ4n) is 2.99. The molecule has 2 aromatic heterocycles. The molecule has 0 radical (unpaired) electrons. The Hall–Kier alpha value is -2.93. The van der Waals surface area contributed by atoms with E-state index in [9.17, 15) is 18.0 Å². The molecule has 10 nitrogen and oxygen atoms in total. The maximum Gasteiger partial charge on any atom is 0.490 e. The van der Waals surface area contributed by atoms with Gasteiger partial charge in [0.15, 0.2) is 0 Å². The summed E-state index contributed by atoms with van der Waals surface area (Å²) < 4.78 is 44.6. The van der Waals surface area contributed by atoms with Gasteiger partial charge >= 0.3 is 12.1 Å². The number of aryl methyl sites for hydroxylation is 1. The Bertz CT molecular complexity index is 867. The Morgan fingerprint density at radius 3 is 2.61 bits per heavy atom. The van der Waals surface area contributed by atoms with Crippen LogP contribution in [0.5, 0.6) is 0 Å². The van der Waals surface area contributed by atoms with Crippen molar-refractivity contribution in [1.29, 1.82) is 0 Å². The fraction of sp³-hybridized carbons (Fsp3) is 0.556. The molecule has 1 N–H and O–H groups in total. The molecule has 31 heavy (non-hydrogen) atoms. The summed E-state index contributed by atoms with van der Waals surface area (Å²) in [6, 6.07) is 3.86. The summed E-state index contributed by atoms with van der Waals surface area (Å²) in [5.74, 6) is -1.75. The average molecular weight is 447 g/mol. The molecule has 1 atom stereocenters. The van der Waals surface area contributed by atoms with E-state index in [1.807, 2.05) is 19.2 Å². The summed E-state index contributed by atoms with van der Waals surface area (Å²) in [7, 11) is 5.34. The molecule has 13 heteroatoms. The highest BCUT2D eigenvalue weighted by atomic mass is 19.4. The van der Waals surface area contributed by atoms with Crippen LogP contribution in [0, 0.1) is 0 Å². The van der Waals surface area contributed by atoms with Crippen molar-refractivity contribution in [3.63, 3.8) is 0 Å². The second kappa shape index (κ2) is 10.4. The third-order valence-corrected chi connectivity index (χ3v) is 4.43. The SMILES string of the molecule is CN(C)C(=O)COCC1CN(Cc2ccco2)Cc2nnn(C)c21.O=C(O)C(F)(F)F. The number of rotatable bonds is 6. The zero-order valence-corrected chi connectivity index (χ0v) is 17.3. The summed E-state index contributed by atoms with van der Waals surface area (Å²) in [6.45, 7) is 2.81. The van der Waals surface area contributed by atoms with E-state index in [-0.39, 0.29) is 18.4 Å². The van der Waals surface area contributed by atoms with Crippen molar-refractivity contribution in [1.82, 2.24) is 24.8 Å².